The van der Waals surface area contributed by atoms with E-state index in [-0.39, 0.29) is 5.91 Å². The summed E-state index contributed by atoms with van der Waals surface area (Å²) < 4.78 is 0. The Morgan fingerprint density at radius 3 is 2.76 bits per heavy atom. The van der Waals surface area contributed by atoms with Crippen molar-refractivity contribution in [2.75, 3.05) is 25.0 Å². The highest BCUT2D eigenvalue weighted by molar-refractivity contribution is 6.00. The van der Waals surface area contributed by atoms with Crippen molar-refractivity contribution in [3.8, 4) is 0 Å². The summed E-state index contributed by atoms with van der Waals surface area (Å²) in [5, 5.41) is 3.25. The van der Waals surface area contributed by atoms with Crippen molar-refractivity contribution in [2.45, 2.75) is 31.2 Å². The van der Waals surface area contributed by atoms with Gasteiger partial charge in [0.1, 0.15) is 0 Å². The molecule has 1 aromatic rings. The number of carbonyl (C=O) groups is 1. The van der Waals surface area contributed by atoms with Crippen LogP contribution in [0.3, 0.4) is 0 Å². The average Bonchev–Trinajstić information content (AvgIpc) is 2.52. The smallest absolute Gasteiger partial charge is 0.246 e. The van der Waals surface area contributed by atoms with E-state index in [4.69, 9.17) is 5.73 Å². The zero-order valence-electron chi connectivity index (χ0n) is 12.8. The Kier molecular flexibility index (Phi) is 5.15. The van der Waals surface area contributed by atoms with E-state index in [0.717, 1.165) is 37.2 Å². The highest BCUT2D eigenvalue weighted by Crippen LogP contribution is 2.25. The maximum Gasteiger partial charge on any atom is 0.246 e. The Labute approximate surface area is 127 Å². The van der Waals surface area contributed by atoms with Gasteiger partial charge in [0, 0.05) is 12.7 Å². The van der Waals surface area contributed by atoms with Crippen molar-refractivity contribution in [1.29, 1.82) is 0 Å². The molecule has 114 valence electrons. The number of piperidine rings is 1. The third kappa shape index (κ3) is 3.52. The number of para-hydroxylation sites is 1. The van der Waals surface area contributed by atoms with Gasteiger partial charge in [-0.1, -0.05) is 24.3 Å². The van der Waals surface area contributed by atoms with Gasteiger partial charge in [-0.05, 0) is 50.4 Å². The Bertz CT molecular complexity index is 507. The molecule has 1 heterocycles. The number of carbonyl (C=O) groups excluding carboxylic acids is 1. The molecule has 4 heteroatoms. The van der Waals surface area contributed by atoms with Crippen molar-refractivity contribution >= 4 is 11.6 Å². The van der Waals surface area contributed by atoms with Gasteiger partial charge in [-0.2, -0.15) is 0 Å². The van der Waals surface area contributed by atoms with Crippen molar-refractivity contribution in [3.05, 3.63) is 42.5 Å². The van der Waals surface area contributed by atoms with E-state index in [2.05, 4.69) is 18.0 Å². The van der Waals surface area contributed by atoms with Crippen molar-refractivity contribution in [1.82, 2.24) is 5.32 Å². The summed E-state index contributed by atoms with van der Waals surface area (Å²) >= 11 is 0. The summed E-state index contributed by atoms with van der Waals surface area (Å²) in [6.45, 7) is 5.36. The molecular weight excluding hydrogens is 262 g/mol. The van der Waals surface area contributed by atoms with Crippen LogP contribution < -0.4 is 16.0 Å². The molecule has 4 nitrogen and oxygen atoms in total. The van der Waals surface area contributed by atoms with Crippen LogP contribution in [-0.4, -0.2) is 31.6 Å². The Hall–Kier alpha value is -1.65. The fourth-order valence-electron chi connectivity index (χ4n) is 2.84. The van der Waals surface area contributed by atoms with Crippen molar-refractivity contribution in [2.24, 2.45) is 5.73 Å². The van der Waals surface area contributed by atoms with Crippen LogP contribution in [0.15, 0.2) is 36.9 Å². The van der Waals surface area contributed by atoms with Crippen molar-refractivity contribution < 1.29 is 4.79 Å². The Balaban J connectivity index is 2.20. The number of nitrogens with one attached hydrogen (secondary N) is 1. The lowest BCUT2D eigenvalue weighted by molar-refractivity contribution is -0.124. The number of rotatable bonds is 5. The first kappa shape index (κ1) is 15.7. The molecule has 2 rings (SSSR count). The highest BCUT2D eigenvalue weighted by atomic mass is 16.2. The highest BCUT2D eigenvalue weighted by Gasteiger charge is 2.38. The second kappa shape index (κ2) is 6.87. The number of hydrogen-bond acceptors (Lipinski definition) is 3. The number of likely N-dealkylation sites (N-methyl/N-ethyl adjacent to an activating group) is 1. The van der Waals surface area contributed by atoms with E-state index in [1.54, 1.807) is 4.90 Å². The molecule has 1 amide bonds. The molecule has 21 heavy (non-hydrogen) atoms. The molecule has 0 unspecified atom stereocenters. The molecule has 0 saturated carbocycles. The molecular formula is C17H25N3O. The number of allylic oxidation sites excluding steroid dienone is 1. The van der Waals surface area contributed by atoms with Crippen LogP contribution in [-0.2, 0) is 11.2 Å². The quantitative estimate of drug-likeness (QED) is 0.813. The van der Waals surface area contributed by atoms with Gasteiger partial charge in [0.05, 0.1) is 5.54 Å². The monoisotopic (exact) mass is 287 g/mol. The minimum Gasteiger partial charge on any atom is -0.317 e. The van der Waals surface area contributed by atoms with Gasteiger partial charge in [-0.25, -0.2) is 0 Å². The second-order valence-corrected chi connectivity index (χ2v) is 5.73. The number of aryl methyl sites for hydroxylation is 1. The maximum atomic E-state index is 12.8. The summed E-state index contributed by atoms with van der Waals surface area (Å²) in [6, 6.07) is 8.01. The molecule has 1 aromatic carbocycles. The number of nitrogens with two attached hydrogens (primary N) is 1. The fraction of sp³-hybridized carbons (Fsp3) is 0.471. The first-order chi connectivity index (χ1) is 10.1. The summed E-state index contributed by atoms with van der Waals surface area (Å²) in [4.78, 5) is 14.5. The van der Waals surface area contributed by atoms with Gasteiger partial charge in [0.25, 0.3) is 0 Å². The van der Waals surface area contributed by atoms with Crippen LogP contribution in [0.5, 0.6) is 0 Å². The first-order valence-electron chi connectivity index (χ1n) is 7.55. The number of hydrogen-bond donors (Lipinski definition) is 2. The molecule has 0 bridgehead atoms. The van der Waals surface area contributed by atoms with E-state index < -0.39 is 5.54 Å². The molecule has 0 radical (unpaired) electrons. The summed E-state index contributed by atoms with van der Waals surface area (Å²) in [5.74, 6) is 0.00931. The van der Waals surface area contributed by atoms with E-state index in [1.807, 2.05) is 31.3 Å². The topological polar surface area (TPSA) is 58.4 Å². The van der Waals surface area contributed by atoms with Crippen LogP contribution in [0.4, 0.5) is 5.69 Å². The largest absolute Gasteiger partial charge is 0.317 e. The SMILES string of the molecule is C=CCCc1ccccc1N(C)C(=O)C1(N)CCNCC1. The van der Waals surface area contributed by atoms with Gasteiger partial charge in [0.2, 0.25) is 5.91 Å². The average molecular weight is 287 g/mol. The van der Waals surface area contributed by atoms with Gasteiger partial charge >= 0.3 is 0 Å². The molecule has 3 N–H and O–H groups in total. The van der Waals surface area contributed by atoms with Crippen LogP contribution in [0.1, 0.15) is 24.8 Å². The molecule has 1 fully saturated rings. The molecule has 0 aliphatic carbocycles. The zero-order valence-corrected chi connectivity index (χ0v) is 12.8. The minimum absolute atomic E-state index is 0.00931. The van der Waals surface area contributed by atoms with Gasteiger partial charge < -0.3 is 16.0 Å². The summed E-state index contributed by atoms with van der Waals surface area (Å²) in [5.41, 5.74) is 7.71. The normalized spacial score (nSPS) is 17.2. The van der Waals surface area contributed by atoms with Crippen LogP contribution in [0.25, 0.3) is 0 Å². The third-order valence-corrected chi connectivity index (χ3v) is 4.20. The minimum atomic E-state index is -0.744. The Morgan fingerprint density at radius 1 is 1.43 bits per heavy atom. The van der Waals surface area contributed by atoms with Gasteiger partial charge in [-0.15, -0.1) is 6.58 Å². The summed E-state index contributed by atoms with van der Waals surface area (Å²) in [6.07, 6.45) is 5.05. The molecule has 1 aliphatic rings. The molecule has 0 atom stereocenters. The molecule has 0 aromatic heterocycles. The number of amides is 1. The number of nitrogens with zero attached hydrogens (tertiary/aromatic N) is 1. The van der Waals surface area contributed by atoms with Crippen LogP contribution in [0, 0.1) is 0 Å². The Morgan fingerprint density at radius 2 is 2.10 bits per heavy atom. The molecule has 0 spiro atoms. The maximum absolute atomic E-state index is 12.8. The first-order valence-corrected chi connectivity index (χ1v) is 7.55. The molecule has 1 saturated heterocycles. The summed E-state index contributed by atoms with van der Waals surface area (Å²) in [7, 11) is 1.83. The van der Waals surface area contributed by atoms with E-state index >= 15 is 0 Å². The van der Waals surface area contributed by atoms with E-state index in [1.165, 1.54) is 0 Å². The predicted molar refractivity (Wildman–Crippen MR) is 87.4 cm³/mol. The lowest BCUT2D eigenvalue weighted by Crippen LogP contribution is -2.59. The fourth-order valence-corrected chi connectivity index (χ4v) is 2.84. The van der Waals surface area contributed by atoms with Crippen LogP contribution >= 0.6 is 0 Å². The van der Waals surface area contributed by atoms with Crippen LogP contribution in [0.2, 0.25) is 0 Å². The second-order valence-electron chi connectivity index (χ2n) is 5.73. The number of anilines is 1. The number of benzene rings is 1. The lowest BCUT2D eigenvalue weighted by atomic mass is 9.87. The zero-order chi connectivity index (χ0) is 15.3. The van der Waals surface area contributed by atoms with Gasteiger partial charge in [0.15, 0.2) is 0 Å². The standard InChI is InChI=1S/C17H25N3O/c1-3-4-7-14-8-5-6-9-15(14)20(2)16(21)17(18)10-12-19-13-11-17/h3,5-6,8-9,19H,1,4,7,10-13,18H2,2H3. The van der Waals surface area contributed by atoms with Gasteiger partial charge in [-0.3, -0.25) is 4.79 Å². The van der Waals surface area contributed by atoms with E-state index in [9.17, 15) is 4.79 Å². The van der Waals surface area contributed by atoms with Crippen molar-refractivity contribution in [3.63, 3.8) is 0 Å². The predicted octanol–water partition coefficient (Wildman–Crippen LogP) is 1.85. The van der Waals surface area contributed by atoms with E-state index in [0.29, 0.717) is 12.8 Å². The molecule has 1 aliphatic heterocycles. The lowest BCUT2D eigenvalue weighted by Gasteiger charge is -2.36. The third-order valence-electron chi connectivity index (χ3n) is 4.20.